The number of benzene rings is 1. The third-order valence-corrected chi connectivity index (χ3v) is 2.95. The molecule has 0 aliphatic rings. The van der Waals surface area contributed by atoms with E-state index in [1.165, 1.54) is 11.8 Å². The largest absolute Gasteiger partial charge is 0.213 e. The van der Waals surface area contributed by atoms with E-state index in [0.29, 0.717) is 0 Å². The van der Waals surface area contributed by atoms with E-state index in [9.17, 15) is 8.42 Å². The van der Waals surface area contributed by atoms with Gasteiger partial charge in [-0.25, -0.2) is 13.1 Å². The van der Waals surface area contributed by atoms with Crippen LogP contribution >= 0.6 is 0 Å². The molecule has 0 aliphatic heterocycles. The lowest BCUT2D eigenvalue weighted by Gasteiger charge is -2.11. The van der Waals surface area contributed by atoms with Crippen molar-refractivity contribution in [3.63, 3.8) is 0 Å². The summed E-state index contributed by atoms with van der Waals surface area (Å²) in [5.41, 5.74) is 1.24. The van der Waals surface area contributed by atoms with Crippen LogP contribution in [-0.2, 0) is 16.4 Å². The summed E-state index contributed by atoms with van der Waals surface area (Å²) in [6.07, 6.45) is 2.90. The lowest BCUT2D eigenvalue weighted by Crippen LogP contribution is -2.31. The fourth-order valence-electron chi connectivity index (χ4n) is 1.45. The van der Waals surface area contributed by atoms with Crippen LogP contribution in [0.25, 0.3) is 0 Å². The van der Waals surface area contributed by atoms with Crippen LogP contribution in [0.2, 0.25) is 0 Å². The van der Waals surface area contributed by atoms with Gasteiger partial charge in [-0.15, -0.1) is 0 Å². The molecule has 84 valence electrons. The third kappa shape index (κ3) is 5.54. The zero-order valence-electron chi connectivity index (χ0n) is 9.10. The van der Waals surface area contributed by atoms with Gasteiger partial charge in [-0.05, 0) is 25.3 Å². The molecule has 1 rings (SSSR count). The maximum Gasteiger partial charge on any atom is 0.208 e. The second kappa shape index (κ2) is 5.28. The van der Waals surface area contributed by atoms with Gasteiger partial charge in [0.05, 0.1) is 6.26 Å². The topological polar surface area (TPSA) is 46.2 Å². The van der Waals surface area contributed by atoms with Crippen molar-refractivity contribution in [2.75, 3.05) is 6.26 Å². The Balaban J connectivity index is 2.38. The number of aryl methyl sites for hydroxylation is 1. The van der Waals surface area contributed by atoms with Gasteiger partial charge in [0.25, 0.3) is 0 Å². The normalized spacial score (nSPS) is 13.7. The summed E-state index contributed by atoms with van der Waals surface area (Å²) >= 11 is 0. The van der Waals surface area contributed by atoms with Gasteiger partial charge < -0.3 is 0 Å². The zero-order chi connectivity index (χ0) is 11.3. The first-order valence-electron chi connectivity index (χ1n) is 4.98. The summed E-state index contributed by atoms with van der Waals surface area (Å²) in [4.78, 5) is 0. The number of hydrogen-bond acceptors (Lipinski definition) is 2. The predicted octanol–water partition coefficient (Wildman–Crippen LogP) is 1.56. The monoisotopic (exact) mass is 227 g/mol. The Labute approximate surface area is 91.6 Å². The van der Waals surface area contributed by atoms with Gasteiger partial charge in [-0.1, -0.05) is 30.3 Å². The van der Waals surface area contributed by atoms with E-state index in [2.05, 4.69) is 4.72 Å². The summed E-state index contributed by atoms with van der Waals surface area (Å²) in [5.74, 6) is 0. The van der Waals surface area contributed by atoms with Crippen LogP contribution in [0.15, 0.2) is 30.3 Å². The Morgan fingerprint density at radius 1 is 1.27 bits per heavy atom. The highest BCUT2D eigenvalue weighted by molar-refractivity contribution is 7.88. The van der Waals surface area contributed by atoms with Crippen molar-refractivity contribution in [3.8, 4) is 0 Å². The first-order valence-corrected chi connectivity index (χ1v) is 6.88. The quantitative estimate of drug-likeness (QED) is 0.829. The second-order valence-corrected chi connectivity index (χ2v) is 5.60. The molecule has 0 saturated carbocycles. The molecule has 0 spiro atoms. The molecule has 1 N–H and O–H groups in total. The lowest BCUT2D eigenvalue weighted by atomic mass is 10.1. The van der Waals surface area contributed by atoms with E-state index in [-0.39, 0.29) is 6.04 Å². The van der Waals surface area contributed by atoms with Crippen molar-refractivity contribution in [1.29, 1.82) is 0 Å². The third-order valence-electron chi connectivity index (χ3n) is 2.12. The van der Waals surface area contributed by atoms with Crippen molar-refractivity contribution in [3.05, 3.63) is 35.9 Å². The Bertz CT molecular complexity index is 386. The standard InChI is InChI=1S/C11H17NO2S/c1-10(12-15(2,13)14)8-9-11-6-4-3-5-7-11/h3-7,10,12H,8-9H2,1-2H3/t10-/m1/s1. The predicted molar refractivity (Wildman–Crippen MR) is 62.2 cm³/mol. The molecule has 0 aromatic heterocycles. The Morgan fingerprint density at radius 3 is 2.40 bits per heavy atom. The molecule has 1 aromatic rings. The summed E-state index contributed by atoms with van der Waals surface area (Å²) in [7, 11) is -3.08. The van der Waals surface area contributed by atoms with Crippen LogP contribution in [0.1, 0.15) is 18.9 Å². The molecular formula is C11H17NO2S. The van der Waals surface area contributed by atoms with E-state index >= 15 is 0 Å². The van der Waals surface area contributed by atoms with E-state index in [0.717, 1.165) is 12.8 Å². The Kier molecular flexibility index (Phi) is 4.29. The van der Waals surface area contributed by atoms with Gasteiger partial charge in [0.2, 0.25) is 10.0 Å². The van der Waals surface area contributed by atoms with Crippen molar-refractivity contribution in [1.82, 2.24) is 4.72 Å². The molecular weight excluding hydrogens is 210 g/mol. The van der Waals surface area contributed by atoms with Gasteiger partial charge in [-0.3, -0.25) is 0 Å². The minimum absolute atomic E-state index is 0.0137. The van der Waals surface area contributed by atoms with Gasteiger partial charge in [-0.2, -0.15) is 0 Å². The molecule has 0 radical (unpaired) electrons. The van der Waals surface area contributed by atoms with E-state index < -0.39 is 10.0 Å². The van der Waals surface area contributed by atoms with Gasteiger partial charge >= 0.3 is 0 Å². The second-order valence-electron chi connectivity index (χ2n) is 3.82. The summed E-state index contributed by atoms with van der Waals surface area (Å²) in [5, 5.41) is 0. The van der Waals surface area contributed by atoms with Gasteiger partial charge in [0.15, 0.2) is 0 Å². The van der Waals surface area contributed by atoms with Crippen LogP contribution in [0, 0.1) is 0 Å². The zero-order valence-corrected chi connectivity index (χ0v) is 9.92. The molecule has 0 heterocycles. The minimum atomic E-state index is -3.08. The molecule has 0 fully saturated rings. The first kappa shape index (κ1) is 12.2. The Morgan fingerprint density at radius 2 is 1.87 bits per heavy atom. The number of sulfonamides is 1. The fraction of sp³-hybridized carbons (Fsp3) is 0.455. The van der Waals surface area contributed by atoms with Crippen molar-refractivity contribution in [2.24, 2.45) is 0 Å². The van der Waals surface area contributed by atoms with Crippen LogP contribution in [0.3, 0.4) is 0 Å². The smallest absolute Gasteiger partial charge is 0.208 e. The fourth-order valence-corrected chi connectivity index (χ4v) is 2.30. The molecule has 1 aromatic carbocycles. The number of hydrogen-bond donors (Lipinski definition) is 1. The van der Waals surface area contributed by atoms with Crippen LogP contribution in [-0.4, -0.2) is 20.7 Å². The van der Waals surface area contributed by atoms with Gasteiger partial charge in [0, 0.05) is 6.04 Å². The number of nitrogens with one attached hydrogen (secondary N) is 1. The lowest BCUT2D eigenvalue weighted by molar-refractivity contribution is 0.552. The molecule has 0 aliphatic carbocycles. The van der Waals surface area contributed by atoms with Crippen LogP contribution in [0.5, 0.6) is 0 Å². The molecule has 0 bridgehead atoms. The van der Waals surface area contributed by atoms with E-state index in [1.54, 1.807) is 0 Å². The highest BCUT2D eigenvalue weighted by Crippen LogP contribution is 2.04. The molecule has 1 atom stereocenters. The highest BCUT2D eigenvalue weighted by atomic mass is 32.2. The first-order chi connectivity index (χ1) is 6.97. The summed E-state index contributed by atoms with van der Waals surface area (Å²) < 4.78 is 24.4. The molecule has 0 unspecified atom stereocenters. The highest BCUT2D eigenvalue weighted by Gasteiger charge is 2.07. The van der Waals surface area contributed by atoms with Gasteiger partial charge in [0.1, 0.15) is 0 Å². The van der Waals surface area contributed by atoms with Crippen LogP contribution in [0.4, 0.5) is 0 Å². The number of rotatable bonds is 5. The molecule has 0 saturated heterocycles. The molecule has 0 amide bonds. The van der Waals surface area contributed by atoms with Crippen molar-refractivity contribution >= 4 is 10.0 Å². The van der Waals surface area contributed by atoms with E-state index in [4.69, 9.17) is 0 Å². The van der Waals surface area contributed by atoms with Crippen molar-refractivity contribution in [2.45, 2.75) is 25.8 Å². The Hall–Kier alpha value is -0.870. The van der Waals surface area contributed by atoms with Crippen molar-refractivity contribution < 1.29 is 8.42 Å². The maximum absolute atomic E-state index is 10.9. The molecule has 3 nitrogen and oxygen atoms in total. The summed E-state index contributed by atoms with van der Waals surface area (Å²) in [6.45, 7) is 1.88. The minimum Gasteiger partial charge on any atom is -0.213 e. The van der Waals surface area contributed by atoms with Crippen LogP contribution < -0.4 is 4.72 Å². The maximum atomic E-state index is 10.9. The SMILES string of the molecule is C[C@H](CCc1ccccc1)NS(C)(=O)=O. The van der Waals surface area contributed by atoms with E-state index in [1.807, 2.05) is 37.3 Å². The average molecular weight is 227 g/mol. The molecule has 4 heteroatoms. The molecule has 15 heavy (non-hydrogen) atoms. The summed E-state index contributed by atoms with van der Waals surface area (Å²) in [6, 6.07) is 10.0. The average Bonchev–Trinajstić information content (AvgIpc) is 2.14.